The number of nitrogens with two attached hydrogens (primary N) is 1. The third-order valence-electron chi connectivity index (χ3n) is 2.90. The van der Waals surface area contributed by atoms with Gasteiger partial charge in [-0.3, -0.25) is 4.79 Å². The average molecular weight is 276 g/mol. The molecule has 3 N–H and O–H groups in total. The zero-order valence-corrected chi connectivity index (χ0v) is 12.3. The molecule has 1 aromatic carbocycles. The highest BCUT2D eigenvalue weighted by molar-refractivity contribution is 5.91. The standard InChI is InChI=1S/C16H24N2O2/c1-3-11-20-15-8-5-13(6-9-15)7-10-16(19)18-14(4-2)12-17/h5-10,14H,3-4,11-12,17H2,1-2H3,(H,18,19)/b10-7+. The third kappa shape index (κ3) is 5.89. The van der Waals surface area contributed by atoms with Gasteiger partial charge in [-0.15, -0.1) is 0 Å². The second-order valence-electron chi connectivity index (χ2n) is 4.60. The summed E-state index contributed by atoms with van der Waals surface area (Å²) in [5.41, 5.74) is 6.51. The Bertz CT molecular complexity index is 423. The molecule has 0 saturated carbocycles. The second-order valence-corrected chi connectivity index (χ2v) is 4.60. The number of hydrogen-bond donors (Lipinski definition) is 2. The smallest absolute Gasteiger partial charge is 0.244 e. The van der Waals surface area contributed by atoms with Crippen molar-refractivity contribution < 1.29 is 9.53 Å². The van der Waals surface area contributed by atoms with Crippen LogP contribution in [0.4, 0.5) is 0 Å². The highest BCUT2D eigenvalue weighted by Crippen LogP contribution is 2.13. The monoisotopic (exact) mass is 276 g/mol. The summed E-state index contributed by atoms with van der Waals surface area (Å²) in [5.74, 6) is 0.733. The molecule has 0 aliphatic heterocycles. The number of amides is 1. The lowest BCUT2D eigenvalue weighted by Gasteiger charge is -2.12. The van der Waals surface area contributed by atoms with E-state index in [-0.39, 0.29) is 11.9 Å². The highest BCUT2D eigenvalue weighted by atomic mass is 16.5. The summed E-state index contributed by atoms with van der Waals surface area (Å²) in [7, 11) is 0. The fourth-order valence-corrected chi connectivity index (χ4v) is 1.64. The second kappa shape index (κ2) is 9.15. The van der Waals surface area contributed by atoms with Crippen LogP contribution in [0.25, 0.3) is 6.08 Å². The molecule has 0 radical (unpaired) electrons. The summed E-state index contributed by atoms with van der Waals surface area (Å²) >= 11 is 0. The van der Waals surface area contributed by atoms with Crippen LogP contribution in [0.15, 0.2) is 30.3 Å². The first-order valence-corrected chi connectivity index (χ1v) is 7.11. The molecule has 110 valence electrons. The van der Waals surface area contributed by atoms with Crippen molar-refractivity contribution in [1.29, 1.82) is 0 Å². The van der Waals surface area contributed by atoms with Gasteiger partial charge >= 0.3 is 0 Å². The lowest BCUT2D eigenvalue weighted by atomic mass is 10.2. The van der Waals surface area contributed by atoms with Crippen LogP contribution in [0.3, 0.4) is 0 Å². The van der Waals surface area contributed by atoms with E-state index in [4.69, 9.17) is 10.5 Å². The van der Waals surface area contributed by atoms with E-state index in [2.05, 4.69) is 12.2 Å². The largest absolute Gasteiger partial charge is 0.494 e. The van der Waals surface area contributed by atoms with Crippen molar-refractivity contribution in [3.05, 3.63) is 35.9 Å². The molecule has 1 unspecified atom stereocenters. The van der Waals surface area contributed by atoms with E-state index in [0.717, 1.165) is 30.8 Å². The molecule has 0 saturated heterocycles. The Morgan fingerprint density at radius 2 is 2.05 bits per heavy atom. The van der Waals surface area contributed by atoms with E-state index in [0.29, 0.717) is 6.54 Å². The summed E-state index contributed by atoms with van der Waals surface area (Å²) in [6, 6.07) is 7.70. The van der Waals surface area contributed by atoms with E-state index in [1.54, 1.807) is 6.08 Å². The zero-order valence-electron chi connectivity index (χ0n) is 12.3. The van der Waals surface area contributed by atoms with Gasteiger partial charge in [0.25, 0.3) is 0 Å². The number of rotatable bonds is 8. The van der Waals surface area contributed by atoms with Crippen molar-refractivity contribution in [2.24, 2.45) is 5.73 Å². The minimum Gasteiger partial charge on any atom is -0.494 e. The lowest BCUT2D eigenvalue weighted by molar-refractivity contribution is -0.117. The minimum atomic E-state index is -0.117. The van der Waals surface area contributed by atoms with Crippen LogP contribution < -0.4 is 15.8 Å². The molecule has 0 bridgehead atoms. The quantitative estimate of drug-likeness (QED) is 0.716. The molecule has 1 amide bonds. The fourth-order valence-electron chi connectivity index (χ4n) is 1.64. The molecular weight excluding hydrogens is 252 g/mol. The van der Waals surface area contributed by atoms with Gasteiger partial charge in [0.05, 0.1) is 6.61 Å². The SMILES string of the molecule is CCCOc1ccc(/C=C/C(=O)NC(CC)CN)cc1. The summed E-state index contributed by atoms with van der Waals surface area (Å²) < 4.78 is 5.50. The van der Waals surface area contributed by atoms with Crippen molar-refractivity contribution in [3.63, 3.8) is 0 Å². The summed E-state index contributed by atoms with van der Waals surface area (Å²) in [5, 5.41) is 2.85. The third-order valence-corrected chi connectivity index (χ3v) is 2.90. The van der Waals surface area contributed by atoms with Gasteiger partial charge in [-0.1, -0.05) is 26.0 Å². The maximum atomic E-state index is 11.7. The van der Waals surface area contributed by atoms with Crippen LogP contribution in [-0.2, 0) is 4.79 Å². The van der Waals surface area contributed by atoms with Gasteiger partial charge in [0, 0.05) is 18.7 Å². The topological polar surface area (TPSA) is 64.3 Å². The summed E-state index contributed by atoms with van der Waals surface area (Å²) in [4.78, 5) is 11.7. The molecule has 0 heterocycles. The van der Waals surface area contributed by atoms with Gasteiger partial charge in [0.15, 0.2) is 0 Å². The van der Waals surface area contributed by atoms with Gasteiger partial charge in [-0.25, -0.2) is 0 Å². The summed E-state index contributed by atoms with van der Waals surface area (Å²) in [6.45, 7) is 5.24. The molecule has 1 atom stereocenters. The normalized spacial score (nSPS) is 12.3. The molecule has 1 aromatic rings. The Balaban J connectivity index is 2.50. The van der Waals surface area contributed by atoms with Crippen LogP contribution in [0.2, 0.25) is 0 Å². The molecule has 0 aromatic heterocycles. The van der Waals surface area contributed by atoms with Crippen molar-refractivity contribution in [2.45, 2.75) is 32.7 Å². The van der Waals surface area contributed by atoms with Crippen LogP contribution >= 0.6 is 0 Å². The van der Waals surface area contributed by atoms with Gasteiger partial charge in [-0.2, -0.15) is 0 Å². The highest BCUT2D eigenvalue weighted by Gasteiger charge is 2.05. The minimum absolute atomic E-state index is 0.0389. The lowest BCUT2D eigenvalue weighted by Crippen LogP contribution is -2.38. The first-order valence-electron chi connectivity index (χ1n) is 7.11. The molecule has 0 aliphatic rings. The number of benzene rings is 1. The maximum absolute atomic E-state index is 11.7. The first-order chi connectivity index (χ1) is 9.69. The van der Waals surface area contributed by atoms with Crippen molar-refractivity contribution in [2.75, 3.05) is 13.2 Å². The first kappa shape index (κ1) is 16.2. The predicted octanol–water partition coefficient (Wildman–Crippen LogP) is 2.34. The Hall–Kier alpha value is -1.81. The van der Waals surface area contributed by atoms with E-state index in [1.807, 2.05) is 31.2 Å². The zero-order chi connectivity index (χ0) is 14.8. The van der Waals surface area contributed by atoms with Crippen LogP contribution in [-0.4, -0.2) is 25.1 Å². The number of ether oxygens (including phenoxy) is 1. The Morgan fingerprint density at radius 3 is 2.60 bits per heavy atom. The summed E-state index contributed by atoms with van der Waals surface area (Å²) in [6.07, 6.45) is 5.13. The maximum Gasteiger partial charge on any atom is 0.244 e. The Kier molecular flexibility index (Phi) is 7.43. The molecule has 1 rings (SSSR count). The van der Waals surface area contributed by atoms with Gasteiger partial charge < -0.3 is 15.8 Å². The molecule has 0 fully saturated rings. The molecular formula is C16H24N2O2. The van der Waals surface area contributed by atoms with E-state index in [9.17, 15) is 4.79 Å². The molecule has 0 aliphatic carbocycles. The van der Waals surface area contributed by atoms with E-state index in [1.165, 1.54) is 6.08 Å². The van der Waals surface area contributed by atoms with E-state index < -0.39 is 0 Å². The van der Waals surface area contributed by atoms with Crippen LogP contribution in [0, 0.1) is 0 Å². The molecule has 20 heavy (non-hydrogen) atoms. The molecule has 4 heteroatoms. The Morgan fingerprint density at radius 1 is 1.35 bits per heavy atom. The molecule has 4 nitrogen and oxygen atoms in total. The van der Waals surface area contributed by atoms with Crippen molar-refractivity contribution in [1.82, 2.24) is 5.32 Å². The number of carbonyl (C=O) groups excluding carboxylic acids is 1. The average Bonchev–Trinajstić information content (AvgIpc) is 2.49. The van der Waals surface area contributed by atoms with E-state index >= 15 is 0 Å². The molecule has 0 spiro atoms. The predicted molar refractivity (Wildman–Crippen MR) is 82.5 cm³/mol. The number of carbonyl (C=O) groups is 1. The van der Waals surface area contributed by atoms with Gasteiger partial charge in [0.2, 0.25) is 5.91 Å². The van der Waals surface area contributed by atoms with Crippen molar-refractivity contribution in [3.8, 4) is 5.75 Å². The fraction of sp³-hybridized carbons (Fsp3) is 0.438. The van der Waals surface area contributed by atoms with Crippen molar-refractivity contribution >= 4 is 12.0 Å². The van der Waals surface area contributed by atoms with Crippen LogP contribution in [0.1, 0.15) is 32.3 Å². The van der Waals surface area contributed by atoms with Gasteiger partial charge in [0.1, 0.15) is 5.75 Å². The van der Waals surface area contributed by atoms with Gasteiger partial charge in [-0.05, 0) is 36.6 Å². The number of nitrogens with one attached hydrogen (secondary N) is 1. The number of hydrogen-bond acceptors (Lipinski definition) is 3. The van der Waals surface area contributed by atoms with Crippen LogP contribution in [0.5, 0.6) is 5.75 Å². The Labute approximate surface area is 121 Å².